The van der Waals surface area contributed by atoms with Gasteiger partial charge in [-0.25, -0.2) is 18.1 Å². The number of H-pyrrole nitrogens is 1. The molecule has 0 saturated carbocycles. The van der Waals surface area contributed by atoms with E-state index >= 15 is 0 Å². The Hall–Kier alpha value is -6.20. The number of nitro groups is 1. The number of halogens is 1. The number of piperazine rings is 1. The van der Waals surface area contributed by atoms with Crippen molar-refractivity contribution >= 4 is 55.5 Å². The normalized spacial score (nSPS) is 15.1. The number of carbonyl (C=O) groups is 1. The molecular formula is C46H48ClN7O8S. The molecule has 2 aromatic heterocycles. The fraction of sp³-hybridized carbons (Fsp3) is 0.304. The highest BCUT2D eigenvalue weighted by Gasteiger charge is 2.38. The van der Waals surface area contributed by atoms with Crippen LogP contribution < -0.4 is 24.4 Å². The predicted molar refractivity (Wildman–Crippen MR) is 243 cm³/mol. The second-order valence-electron chi connectivity index (χ2n) is 15.9. The molecular weight excluding hydrogens is 846 g/mol. The number of ether oxygens (including phenoxy) is 3. The molecule has 0 aliphatic carbocycles. The largest absolute Gasteiger partial charge is 0.475 e. The van der Waals surface area contributed by atoms with Crippen molar-refractivity contribution in [3.8, 4) is 28.5 Å². The van der Waals surface area contributed by atoms with Gasteiger partial charge in [-0.15, -0.1) is 0 Å². The van der Waals surface area contributed by atoms with Gasteiger partial charge in [-0.1, -0.05) is 41.9 Å². The van der Waals surface area contributed by atoms with E-state index in [9.17, 15) is 23.3 Å². The van der Waals surface area contributed by atoms with Gasteiger partial charge in [-0.2, -0.15) is 0 Å². The quantitative estimate of drug-likeness (QED) is 0.0661. The van der Waals surface area contributed by atoms with Crippen molar-refractivity contribution in [3.63, 3.8) is 0 Å². The molecule has 2 saturated heterocycles. The number of benzene rings is 4. The first-order valence-electron chi connectivity index (χ1n) is 20.8. The molecule has 4 aromatic carbocycles. The minimum absolute atomic E-state index is 0.0633. The second-order valence-corrected chi connectivity index (χ2v) is 18.0. The molecule has 0 radical (unpaired) electrons. The van der Waals surface area contributed by atoms with E-state index in [-0.39, 0.29) is 29.0 Å². The highest BCUT2D eigenvalue weighted by Crippen LogP contribution is 2.49. The molecule has 2 aliphatic heterocycles. The van der Waals surface area contributed by atoms with Gasteiger partial charge in [0.05, 0.1) is 16.7 Å². The third kappa shape index (κ3) is 10.2. The van der Waals surface area contributed by atoms with E-state index in [0.717, 1.165) is 40.4 Å². The number of nitrogens with one attached hydrogen (secondary N) is 3. The first-order valence-corrected chi connectivity index (χ1v) is 22.7. The Kier molecular flexibility index (Phi) is 13.1. The molecule has 4 heterocycles. The number of hydrogen-bond acceptors (Lipinski definition) is 12. The fourth-order valence-electron chi connectivity index (χ4n) is 7.93. The van der Waals surface area contributed by atoms with Gasteiger partial charge in [-0.05, 0) is 104 Å². The molecule has 2 fully saturated rings. The molecule has 328 valence electrons. The van der Waals surface area contributed by atoms with Crippen LogP contribution in [0.15, 0.2) is 108 Å². The van der Waals surface area contributed by atoms with E-state index in [2.05, 4.69) is 24.9 Å². The first kappa shape index (κ1) is 43.4. The van der Waals surface area contributed by atoms with Crippen LogP contribution in [0.2, 0.25) is 5.02 Å². The van der Waals surface area contributed by atoms with Crippen molar-refractivity contribution in [1.29, 1.82) is 0 Å². The lowest BCUT2D eigenvalue weighted by Crippen LogP contribution is -2.46. The maximum absolute atomic E-state index is 14.5. The number of pyridine rings is 1. The molecule has 2 aliphatic rings. The Morgan fingerprint density at radius 3 is 2.46 bits per heavy atom. The van der Waals surface area contributed by atoms with Crippen molar-refractivity contribution in [1.82, 2.24) is 19.6 Å². The maximum atomic E-state index is 14.5. The van der Waals surface area contributed by atoms with Crippen LogP contribution in [0.3, 0.4) is 0 Å². The van der Waals surface area contributed by atoms with E-state index in [1.54, 1.807) is 42.6 Å². The van der Waals surface area contributed by atoms with Crippen LogP contribution in [-0.4, -0.2) is 86.2 Å². The summed E-state index contributed by atoms with van der Waals surface area (Å²) in [6.45, 7) is 7.78. The van der Waals surface area contributed by atoms with Gasteiger partial charge < -0.3 is 29.4 Å². The summed E-state index contributed by atoms with van der Waals surface area (Å²) in [5.41, 5.74) is 3.63. The Labute approximate surface area is 370 Å². The minimum atomic E-state index is -4.80. The molecule has 17 heteroatoms. The Morgan fingerprint density at radius 1 is 1.00 bits per heavy atom. The van der Waals surface area contributed by atoms with Gasteiger partial charge in [-0.3, -0.25) is 19.8 Å². The van der Waals surface area contributed by atoms with Crippen molar-refractivity contribution < 1.29 is 32.3 Å². The number of sulfonamides is 1. The highest BCUT2D eigenvalue weighted by molar-refractivity contribution is 7.90. The standard InChI is InChI=1S/C46H48ClN7O8S/c1-30(2)61-42-25-38(32-8-10-36(47)11-9-32)35(28-49-42)29-52-18-20-53(21-19-52)40-26-41(63(58,59)51-46(55)33-6-4-3-5-7-33)45(62-37-12-13-39-34(24-37)14-17-48-39)44(54(56)57)43(40)50-27-31-15-22-60-23-16-31/h3-14,17,24-26,28,30-31,48,50H,15-16,18-23,27,29H2,1-2H3,(H,51,55). The monoisotopic (exact) mass is 893 g/mol. The van der Waals surface area contributed by atoms with Gasteiger partial charge in [0.25, 0.3) is 15.9 Å². The predicted octanol–water partition coefficient (Wildman–Crippen LogP) is 8.65. The maximum Gasteiger partial charge on any atom is 0.338 e. The minimum Gasteiger partial charge on any atom is -0.475 e. The van der Waals surface area contributed by atoms with Gasteiger partial charge in [0.2, 0.25) is 11.6 Å². The van der Waals surface area contributed by atoms with Crippen LogP contribution in [0.25, 0.3) is 22.0 Å². The number of nitro benzene ring substituents is 1. The van der Waals surface area contributed by atoms with Gasteiger partial charge >= 0.3 is 5.69 Å². The average molecular weight is 894 g/mol. The molecule has 1 amide bonds. The molecule has 15 nitrogen and oxygen atoms in total. The van der Waals surface area contributed by atoms with E-state index in [0.29, 0.717) is 69.1 Å². The third-order valence-corrected chi connectivity index (χ3v) is 12.8. The number of carbonyl (C=O) groups excluding carboxylic acids is 1. The topological polar surface area (TPSA) is 181 Å². The molecule has 63 heavy (non-hydrogen) atoms. The molecule has 6 aromatic rings. The number of aromatic nitrogens is 2. The first-order chi connectivity index (χ1) is 30.4. The van der Waals surface area contributed by atoms with Crippen LogP contribution in [0.5, 0.6) is 17.4 Å². The van der Waals surface area contributed by atoms with Crippen LogP contribution in [0.4, 0.5) is 17.1 Å². The fourth-order valence-corrected chi connectivity index (χ4v) is 9.17. The Morgan fingerprint density at radius 2 is 1.75 bits per heavy atom. The smallest absolute Gasteiger partial charge is 0.338 e. The SMILES string of the molecule is CC(C)Oc1cc(-c2ccc(Cl)cc2)c(CN2CCN(c3cc(S(=O)(=O)NC(=O)c4ccccc4)c(Oc4ccc5[nH]ccc5c4)c([N+](=O)[O-])c3NCC3CCOCC3)CC2)cn1. The average Bonchev–Trinajstić information content (AvgIpc) is 3.75. The molecule has 0 spiro atoms. The molecule has 0 unspecified atom stereocenters. The number of aromatic amines is 1. The van der Waals surface area contributed by atoms with E-state index < -0.39 is 37.2 Å². The van der Waals surface area contributed by atoms with E-state index in [4.69, 9.17) is 25.8 Å². The zero-order valence-corrected chi connectivity index (χ0v) is 36.5. The van der Waals surface area contributed by atoms with Crippen LogP contribution >= 0.6 is 11.6 Å². The van der Waals surface area contributed by atoms with Crippen molar-refractivity contribution in [2.45, 2.75) is 44.2 Å². The zero-order valence-electron chi connectivity index (χ0n) is 34.9. The summed E-state index contributed by atoms with van der Waals surface area (Å²) < 4.78 is 49.0. The van der Waals surface area contributed by atoms with Crippen LogP contribution in [-0.2, 0) is 21.3 Å². The summed E-state index contributed by atoms with van der Waals surface area (Å²) in [5.74, 6) is -0.589. The van der Waals surface area contributed by atoms with Crippen molar-refractivity contribution in [2.24, 2.45) is 5.92 Å². The van der Waals surface area contributed by atoms with E-state index in [1.165, 1.54) is 18.2 Å². The third-order valence-electron chi connectivity index (χ3n) is 11.2. The summed E-state index contributed by atoms with van der Waals surface area (Å²) in [6.07, 6.45) is 5.01. The van der Waals surface area contributed by atoms with Crippen molar-refractivity contribution in [3.05, 3.63) is 130 Å². The molecule has 8 rings (SSSR count). The van der Waals surface area contributed by atoms with Gasteiger partial charge in [0, 0.05) is 92.4 Å². The summed E-state index contributed by atoms with van der Waals surface area (Å²) >= 11 is 6.24. The second kappa shape index (κ2) is 19.0. The lowest BCUT2D eigenvalue weighted by atomic mass is 10.00. The number of hydrogen-bond donors (Lipinski definition) is 3. The summed E-state index contributed by atoms with van der Waals surface area (Å²) in [4.78, 5) is 37.6. The van der Waals surface area contributed by atoms with E-state index in [1.807, 2.05) is 61.3 Å². The number of rotatable bonds is 15. The summed E-state index contributed by atoms with van der Waals surface area (Å²) in [7, 11) is -4.80. The lowest BCUT2D eigenvalue weighted by Gasteiger charge is -2.37. The molecule has 0 bridgehead atoms. The number of amides is 1. The van der Waals surface area contributed by atoms with Crippen LogP contribution in [0, 0.1) is 16.0 Å². The number of fused-ring (bicyclic) bond motifs is 1. The molecule has 3 N–H and O–H groups in total. The highest BCUT2D eigenvalue weighted by atomic mass is 35.5. The van der Waals surface area contributed by atoms with Crippen LogP contribution in [0.1, 0.15) is 42.6 Å². The summed E-state index contributed by atoms with van der Waals surface area (Å²) in [5, 5.41) is 18.2. The van der Waals surface area contributed by atoms with Crippen molar-refractivity contribution in [2.75, 3.05) is 56.2 Å². The zero-order chi connectivity index (χ0) is 44.1. The van der Waals surface area contributed by atoms with Gasteiger partial charge in [0.15, 0.2) is 0 Å². The Bertz CT molecular complexity index is 2700. The lowest BCUT2D eigenvalue weighted by molar-refractivity contribution is -0.384. The molecule has 0 atom stereocenters. The van der Waals surface area contributed by atoms with Gasteiger partial charge in [0.1, 0.15) is 16.3 Å². The number of nitrogens with zero attached hydrogens (tertiary/aromatic N) is 4. The Balaban J connectivity index is 1.17. The number of anilines is 2. The summed E-state index contributed by atoms with van der Waals surface area (Å²) in [6, 6.07) is 25.6.